The predicted molar refractivity (Wildman–Crippen MR) is 91.3 cm³/mol. The van der Waals surface area contributed by atoms with Crippen LogP contribution in [-0.4, -0.2) is 18.1 Å². The van der Waals surface area contributed by atoms with E-state index in [1.165, 1.54) is 18.2 Å². The van der Waals surface area contributed by atoms with Gasteiger partial charge in [-0.05, 0) is 30.7 Å². The number of rotatable bonds is 6. The monoisotopic (exact) mass is 341 g/mol. The highest BCUT2D eigenvalue weighted by atomic mass is 16.6. The van der Waals surface area contributed by atoms with Crippen molar-refractivity contribution in [3.8, 4) is 11.5 Å². The summed E-state index contributed by atoms with van der Waals surface area (Å²) in [6.07, 6.45) is 0. The Labute approximate surface area is 142 Å². The van der Waals surface area contributed by atoms with Crippen LogP contribution >= 0.6 is 0 Å². The van der Waals surface area contributed by atoms with E-state index in [-0.39, 0.29) is 18.9 Å². The highest BCUT2D eigenvalue weighted by molar-refractivity contribution is 5.81. The molecule has 0 aliphatic carbocycles. The van der Waals surface area contributed by atoms with Crippen LogP contribution in [0.2, 0.25) is 0 Å². The van der Waals surface area contributed by atoms with Gasteiger partial charge in [-0.15, -0.1) is 0 Å². The van der Waals surface area contributed by atoms with Crippen molar-refractivity contribution in [2.45, 2.75) is 6.92 Å². The lowest BCUT2D eigenvalue weighted by Crippen LogP contribution is -2.09. The van der Waals surface area contributed by atoms with E-state index in [0.29, 0.717) is 17.1 Å². The first-order chi connectivity index (χ1) is 12.0. The van der Waals surface area contributed by atoms with Gasteiger partial charge in [0.1, 0.15) is 30.3 Å². The molecule has 0 aliphatic rings. The van der Waals surface area contributed by atoms with E-state index < -0.39 is 10.5 Å². The summed E-state index contributed by atoms with van der Waals surface area (Å²) in [5.74, 6) is 0.946. The molecule has 0 fully saturated rings. The second kappa shape index (κ2) is 7.04. The van der Waals surface area contributed by atoms with Crippen LogP contribution in [0.5, 0.6) is 11.5 Å². The van der Waals surface area contributed by atoms with E-state index in [9.17, 15) is 14.9 Å². The number of ether oxygens (including phenoxy) is 2. The second-order valence-electron chi connectivity index (χ2n) is 5.36. The van der Waals surface area contributed by atoms with Crippen molar-refractivity contribution in [1.82, 2.24) is 0 Å². The second-order valence-corrected chi connectivity index (χ2v) is 5.36. The Morgan fingerprint density at radius 1 is 1.04 bits per heavy atom. The maximum Gasteiger partial charge on any atom is 0.336 e. The number of fused-ring (bicyclic) bond motifs is 1. The first-order valence-electron chi connectivity index (χ1n) is 7.57. The summed E-state index contributed by atoms with van der Waals surface area (Å²) >= 11 is 0. The summed E-state index contributed by atoms with van der Waals surface area (Å²) in [4.78, 5) is 21.7. The number of nitro groups is 1. The Morgan fingerprint density at radius 2 is 1.76 bits per heavy atom. The lowest BCUT2D eigenvalue weighted by atomic mass is 10.1. The van der Waals surface area contributed by atoms with Crippen LogP contribution in [0.3, 0.4) is 0 Å². The molecule has 0 saturated heterocycles. The molecule has 0 unspecified atom stereocenters. The maximum absolute atomic E-state index is 11.4. The van der Waals surface area contributed by atoms with Crippen LogP contribution in [0, 0.1) is 17.0 Å². The first kappa shape index (κ1) is 16.5. The minimum absolute atomic E-state index is 0.0293. The molecule has 3 rings (SSSR count). The molecule has 7 heteroatoms. The smallest absolute Gasteiger partial charge is 0.336 e. The minimum Gasteiger partial charge on any atom is -0.490 e. The number of nitrogens with zero attached hydrogens (tertiary/aromatic N) is 1. The topological polar surface area (TPSA) is 91.8 Å². The summed E-state index contributed by atoms with van der Waals surface area (Å²) in [5, 5.41) is 11.6. The number of non-ortho nitro benzene ring substituents is 1. The lowest BCUT2D eigenvalue weighted by molar-refractivity contribution is -0.384. The van der Waals surface area contributed by atoms with Crippen LogP contribution in [0.25, 0.3) is 11.0 Å². The van der Waals surface area contributed by atoms with E-state index in [1.807, 2.05) is 13.0 Å². The van der Waals surface area contributed by atoms with E-state index in [1.54, 1.807) is 24.3 Å². The minimum atomic E-state index is -0.478. The van der Waals surface area contributed by atoms with Gasteiger partial charge >= 0.3 is 5.63 Å². The highest BCUT2D eigenvalue weighted by Gasteiger charge is 2.07. The SMILES string of the molecule is Cc1cc(=O)oc2cc(OCCOc3cccc([N+](=O)[O-])c3)ccc12. The molecule has 128 valence electrons. The van der Waals surface area contributed by atoms with Crippen LogP contribution in [0.1, 0.15) is 5.56 Å². The van der Waals surface area contributed by atoms with E-state index in [4.69, 9.17) is 13.9 Å². The van der Waals surface area contributed by atoms with Gasteiger partial charge in [-0.1, -0.05) is 6.07 Å². The molecule has 0 bridgehead atoms. The van der Waals surface area contributed by atoms with Crippen LogP contribution in [-0.2, 0) is 0 Å². The molecular formula is C18H15NO6. The summed E-state index contributed by atoms with van der Waals surface area (Å²) < 4.78 is 16.2. The summed E-state index contributed by atoms with van der Waals surface area (Å²) in [7, 11) is 0. The van der Waals surface area contributed by atoms with Gasteiger partial charge in [-0.2, -0.15) is 0 Å². The highest BCUT2D eigenvalue weighted by Crippen LogP contribution is 2.22. The van der Waals surface area contributed by atoms with E-state index in [0.717, 1.165) is 10.9 Å². The van der Waals surface area contributed by atoms with Gasteiger partial charge in [0.25, 0.3) is 5.69 Å². The van der Waals surface area contributed by atoms with Crippen molar-refractivity contribution in [2.24, 2.45) is 0 Å². The van der Waals surface area contributed by atoms with Gasteiger partial charge in [-0.25, -0.2) is 4.79 Å². The zero-order chi connectivity index (χ0) is 17.8. The van der Waals surface area contributed by atoms with Crippen molar-refractivity contribution >= 4 is 16.7 Å². The zero-order valence-electron chi connectivity index (χ0n) is 13.4. The molecule has 0 radical (unpaired) electrons. The molecule has 0 saturated carbocycles. The van der Waals surface area contributed by atoms with Crippen molar-refractivity contribution in [1.29, 1.82) is 0 Å². The van der Waals surface area contributed by atoms with Gasteiger partial charge in [0, 0.05) is 23.6 Å². The van der Waals surface area contributed by atoms with Gasteiger partial charge in [0.05, 0.1) is 11.0 Å². The number of aryl methyl sites for hydroxylation is 1. The predicted octanol–water partition coefficient (Wildman–Crippen LogP) is 3.47. The average molecular weight is 341 g/mol. The Balaban J connectivity index is 1.61. The number of nitro benzene ring substituents is 1. The van der Waals surface area contributed by atoms with E-state index >= 15 is 0 Å². The molecule has 0 aliphatic heterocycles. The zero-order valence-corrected chi connectivity index (χ0v) is 13.4. The molecule has 3 aromatic rings. The third kappa shape index (κ3) is 3.95. The largest absolute Gasteiger partial charge is 0.490 e. The van der Waals surface area contributed by atoms with Crippen molar-refractivity contribution in [3.63, 3.8) is 0 Å². The summed E-state index contributed by atoms with van der Waals surface area (Å²) in [6.45, 7) is 2.30. The normalized spacial score (nSPS) is 10.6. The van der Waals surface area contributed by atoms with Crippen molar-refractivity contribution in [3.05, 3.63) is 74.6 Å². The molecule has 25 heavy (non-hydrogen) atoms. The van der Waals surface area contributed by atoms with Gasteiger partial charge < -0.3 is 13.9 Å². The van der Waals surface area contributed by atoms with Gasteiger partial charge in [0.2, 0.25) is 0 Å². The fourth-order valence-electron chi connectivity index (χ4n) is 2.40. The standard InChI is InChI=1S/C18H15NO6/c1-12-9-18(20)25-17-11-15(5-6-16(12)17)24-8-7-23-14-4-2-3-13(10-14)19(21)22/h2-6,9-11H,7-8H2,1H3. The van der Waals surface area contributed by atoms with Crippen LogP contribution in [0.15, 0.2) is 57.7 Å². The average Bonchev–Trinajstić information content (AvgIpc) is 2.58. The molecule has 0 amide bonds. The molecule has 0 N–H and O–H groups in total. The molecule has 7 nitrogen and oxygen atoms in total. The third-order valence-electron chi connectivity index (χ3n) is 3.57. The van der Waals surface area contributed by atoms with E-state index in [2.05, 4.69) is 0 Å². The fraction of sp³-hybridized carbons (Fsp3) is 0.167. The maximum atomic E-state index is 11.4. The quantitative estimate of drug-likeness (QED) is 0.295. The Morgan fingerprint density at radius 3 is 2.48 bits per heavy atom. The molecule has 2 aromatic carbocycles. The number of hydrogen-bond donors (Lipinski definition) is 0. The third-order valence-corrected chi connectivity index (χ3v) is 3.57. The summed E-state index contributed by atoms with van der Waals surface area (Å²) in [6, 6.07) is 12.6. The molecule has 0 atom stereocenters. The summed E-state index contributed by atoms with van der Waals surface area (Å²) in [5.41, 5.74) is 0.864. The molecule has 1 aromatic heterocycles. The Bertz CT molecular complexity index is 979. The lowest BCUT2D eigenvalue weighted by Gasteiger charge is -2.09. The van der Waals surface area contributed by atoms with Gasteiger partial charge in [0.15, 0.2) is 0 Å². The van der Waals surface area contributed by atoms with Crippen LogP contribution < -0.4 is 15.1 Å². The van der Waals surface area contributed by atoms with Crippen molar-refractivity contribution < 1.29 is 18.8 Å². The molecule has 0 spiro atoms. The Hall–Kier alpha value is -3.35. The molecular weight excluding hydrogens is 326 g/mol. The first-order valence-corrected chi connectivity index (χ1v) is 7.57. The van der Waals surface area contributed by atoms with Gasteiger partial charge in [-0.3, -0.25) is 10.1 Å². The molecule has 1 heterocycles. The van der Waals surface area contributed by atoms with Crippen molar-refractivity contribution in [2.75, 3.05) is 13.2 Å². The Kier molecular flexibility index (Phi) is 4.65. The van der Waals surface area contributed by atoms with Crippen LogP contribution in [0.4, 0.5) is 5.69 Å². The fourth-order valence-corrected chi connectivity index (χ4v) is 2.40. The number of hydrogen-bond acceptors (Lipinski definition) is 6. The number of benzene rings is 2.